The number of β-amino-alcohol motifs (C(OH)–C–C–N with tert-alkyl or cyclic N) is 1. The smallest absolute Gasteiger partial charge is 0.183 e. The van der Waals surface area contributed by atoms with Gasteiger partial charge >= 0.3 is 0 Å². The van der Waals surface area contributed by atoms with Crippen LogP contribution in [-0.2, 0) is 13.0 Å². The number of anilines is 1. The van der Waals surface area contributed by atoms with Crippen LogP contribution in [0.2, 0.25) is 0 Å². The van der Waals surface area contributed by atoms with Crippen molar-refractivity contribution < 1.29 is 9.50 Å². The number of hydrogen-bond donors (Lipinski definition) is 6. The molecule has 0 radical (unpaired) electrons. The lowest BCUT2D eigenvalue weighted by atomic mass is 9.80. The molecule has 1 aromatic carbocycles. The first kappa shape index (κ1) is 22.2. The minimum absolute atomic E-state index is 0.137. The highest BCUT2D eigenvalue weighted by atomic mass is 19.1. The molecule has 7 N–H and O–H groups in total. The van der Waals surface area contributed by atoms with Crippen molar-refractivity contribution >= 4 is 11.7 Å². The van der Waals surface area contributed by atoms with Crippen LogP contribution < -0.4 is 21.7 Å². The summed E-state index contributed by atoms with van der Waals surface area (Å²) in [4.78, 5) is 8.64. The van der Waals surface area contributed by atoms with E-state index in [1.165, 1.54) is 6.20 Å². The Hall–Kier alpha value is -2.62. The molecule has 1 unspecified atom stereocenters. The maximum atomic E-state index is 14.6. The number of hydrogen-bond acceptors (Lipinski definition) is 7. The first-order valence-corrected chi connectivity index (χ1v) is 11.8. The van der Waals surface area contributed by atoms with Crippen molar-refractivity contribution in [3.05, 3.63) is 53.2 Å². The highest BCUT2D eigenvalue weighted by Crippen LogP contribution is 2.49. The van der Waals surface area contributed by atoms with Crippen molar-refractivity contribution in [2.45, 2.75) is 50.4 Å². The second kappa shape index (κ2) is 9.32. The Balaban J connectivity index is 1.43. The van der Waals surface area contributed by atoms with Crippen LogP contribution >= 0.6 is 0 Å². The van der Waals surface area contributed by atoms with Gasteiger partial charge in [0.15, 0.2) is 11.6 Å². The number of halogens is 1. The van der Waals surface area contributed by atoms with E-state index in [0.717, 1.165) is 36.9 Å². The summed E-state index contributed by atoms with van der Waals surface area (Å²) in [5, 5.41) is 29.2. The molecule has 9 heteroatoms. The predicted molar refractivity (Wildman–Crippen MR) is 124 cm³/mol. The molecule has 1 aliphatic heterocycles. The summed E-state index contributed by atoms with van der Waals surface area (Å²) in [6.45, 7) is 1.93. The minimum Gasteiger partial charge on any atom is -0.387 e. The van der Waals surface area contributed by atoms with Crippen molar-refractivity contribution in [2.24, 2.45) is 23.5 Å². The highest BCUT2D eigenvalue weighted by molar-refractivity contribution is 5.82. The Morgan fingerprint density at radius 1 is 1.27 bits per heavy atom. The van der Waals surface area contributed by atoms with Gasteiger partial charge in [0, 0.05) is 37.5 Å². The van der Waals surface area contributed by atoms with E-state index in [2.05, 4.69) is 38.1 Å². The third-order valence-electron chi connectivity index (χ3n) is 7.45. The van der Waals surface area contributed by atoms with Crippen LogP contribution in [0.1, 0.15) is 42.3 Å². The summed E-state index contributed by atoms with van der Waals surface area (Å²) in [6.07, 6.45) is 3.88. The lowest BCUT2D eigenvalue weighted by molar-refractivity contribution is 0.160. The normalized spacial score (nSPS) is 31.9. The third kappa shape index (κ3) is 4.58. The van der Waals surface area contributed by atoms with Crippen LogP contribution in [0.4, 0.5) is 10.2 Å². The Labute approximate surface area is 193 Å². The number of aliphatic hydroxyl groups is 1. The molecule has 176 valence electrons. The lowest BCUT2D eigenvalue weighted by Gasteiger charge is -2.37. The van der Waals surface area contributed by atoms with Crippen LogP contribution in [0.25, 0.3) is 0 Å². The molecule has 8 nitrogen and oxygen atoms in total. The number of nitrogens with one attached hydrogen (secondary N) is 4. The zero-order valence-corrected chi connectivity index (χ0v) is 18.6. The van der Waals surface area contributed by atoms with E-state index in [1.54, 1.807) is 0 Å². The number of nitrogens with zero attached hydrogens (tertiary/aromatic N) is 2. The van der Waals surface area contributed by atoms with E-state index < -0.39 is 11.9 Å². The van der Waals surface area contributed by atoms with Crippen LogP contribution in [0, 0.1) is 29.0 Å². The molecule has 2 aromatic rings. The molecule has 0 saturated heterocycles. The molecular weight excluding hydrogens is 421 g/mol. The third-order valence-corrected chi connectivity index (χ3v) is 7.45. The molecule has 6 atom stereocenters. The van der Waals surface area contributed by atoms with Gasteiger partial charge in [-0.25, -0.2) is 14.4 Å². The second-order valence-corrected chi connectivity index (χ2v) is 9.59. The second-order valence-electron chi connectivity index (χ2n) is 9.59. The van der Waals surface area contributed by atoms with Gasteiger partial charge in [0.2, 0.25) is 0 Å². The Morgan fingerprint density at radius 3 is 3.00 bits per heavy atom. The highest BCUT2D eigenvalue weighted by Gasteiger charge is 2.54. The quantitative estimate of drug-likeness (QED) is 0.286. The van der Waals surface area contributed by atoms with Gasteiger partial charge in [0.05, 0.1) is 18.1 Å². The van der Waals surface area contributed by atoms with Gasteiger partial charge in [-0.15, -0.1) is 0 Å². The Morgan fingerprint density at radius 2 is 2.15 bits per heavy atom. The fourth-order valence-electron chi connectivity index (χ4n) is 5.92. The summed E-state index contributed by atoms with van der Waals surface area (Å²) in [7, 11) is 0. The largest absolute Gasteiger partial charge is 0.387 e. The van der Waals surface area contributed by atoms with Crippen molar-refractivity contribution in [1.29, 1.82) is 5.41 Å². The molecule has 5 rings (SSSR count). The summed E-state index contributed by atoms with van der Waals surface area (Å²) in [5.41, 5.74) is 8.00. The van der Waals surface area contributed by atoms with E-state index in [1.807, 2.05) is 12.1 Å². The Bertz CT molecular complexity index is 1020. The summed E-state index contributed by atoms with van der Waals surface area (Å²) < 4.78 is 14.6. The van der Waals surface area contributed by atoms with Gasteiger partial charge in [-0.3, -0.25) is 5.41 Å². The number of fused-ring (bicyclic) bond motifs is 5. The standard InChI is InChI=1S/C24H32FN7O/c25-17-11-30-20-5-2-6-28-10-13-3-1-4-14(7-13)19(33)12-29-18-9-15-8-16(18)22(21(15)23(26)27)32-24(17)31-20/h1,3-4,7,11,15-16,18-19,21-22,28-29,33H,2,5-6,8-10,12H2,(H3,26,27)(H,30,31,32)/t15-,16+,18+,19?,21-,22+/m0/s1. The average Bonchev–Trinajstić information content (AvgIpc) is 3.37. The predicted octanol–water partition coefficient (Wildman–Crippen LogP) is 1.72. The summed E-state index contributed by atoms with van der Waals surface area (Å²) in [6, 6.07) is 8.02. The number of aryl methyl sites for hydroxylation is 1. The number of amidine groups is 1. The number of rotatable bonds is 1. The van der Waals surface area contributed by atoms with Gasteiger partial charge in [0.25, 0.3) is 0 Å². The van der Waals surface area contributed by atoms with Crippen LogP contribution in [-0.4, -0.2) is 46.1 Å². The molecule has 1 aromatic heterocycles. The topological polar surface area (TPSA) is 132 Å². The zero-order valence-electron chi connectivity index (χ0n) is 18.6. The summed E-state index contributed by atoms with van der Waals surface area (Å²) in [5.74, 6) is 0.707. The maximum absolute atomic E-state index is 14.6. The van der Waals surface area contributed by atoms with Crippen LogP contribution in [0.15, 0.2) is 30.5 Å². The fraction of sp³-hybridized carbons (Fsp3) is 0.542. The van der Waals surface area contributed by atoms with Crippen molar-refractivity contribution in [3.8, 4) is 0 Å². The van der Waals surface area contributed by atoms with Gasteiger partial charge in [-0.1, -0.05) is 24.3 Å². The molecule has 2 fully saturated rings. The maximum Gasteiger partial charge on any atom is 0.183 e. The van der Waals surface area contributed by atoms with E-state index in [0.29, 0.717) is 25.3 Å². The number of nitrogens with two attached hydrogens (primary N) is 1. The molecular formula is C24H32FN7O. The van der Waals surface area contributed by atoms with E-state index in [4.69, 9.17) is 11.1 Å². The number of aromatic nitrogens is 2. The van der Waals surface area contributed by atoms with Crippen LogP contribution in [0.5, 0.6) is 0 Å². The van der Waals surface area contributed by atoms with E-state index in [-0.39, 0.29) is 41.5 Å². The molecule has 0 amide bonds. The van der Waals surface area contributed by atoms with Crippen LogP contribution in [0.3, 0.4) is 0 Å². The first-order chi connectivity index (χ1) is 16.0. The Kier molecular flexibility index (Phi) is 6.27. The van der Waals surface area contributed by atoms with Crippen molar-refractivity contribution in [1.82, 2.24) is 20.6 Å². The average molecular weight is 454 g/mol. The van der Waals surface area contributed by atoms with Gasteiger partial charge in [-0.2, -0.15) is 0 Å². The molecule has 2 saturated carbocycles. The first-order valence-electron chi connectivity index (χ1n) is 11.8. The number of benzene rings is 1. The fourth-order valence-corrected chi connectivity index (χ4v) is 5.92. The molecule has 33 heavy (non-hydrogen) atoms. The van der Waals surface area contributed by atoms with Gasteiger partial charge in [0.1, 0.15) is 5.82 Å². The van der Waals surface area contributed by atoms with E-state index in [9.17, 15) is 9.50 Å². The monoisotopic (exact) mass is 453 g/mol. The molecule has 3 aliphatic rings. The van der Waals surface area contributed by atoms with E-state index >= 15 is 0 Å². The van der Waals surface area contributed by atoms with Gasteiger partial charge in [-0.05, 0) is 48.8 Å². The molecule has 2 aliphatic carbocycles. The SMILES string of the molecule is N=C(N)[C@H]1[C@H]2C[C@H]3[C@H]1Nc1nc(ncc1F)CCCNCc1cccc(c1)C(O)CN[C@@H]3C2. The molecule has 2 heterocycles. The van der Waals surface area contributed by atoms with Crippen molar-refractivity contribution in [3.63, 3.8) is 0 Å². The van der Waals surface area contributed by atoms with Crippen molar-refractivity contribution in [2.75, 3.05) is 18.4 Å². The van der Waals surface area contributed by atoms with Gasteiger partial charge < -0.3 is 26.8 Å². The molecule has 6 bridgehead atoms. The minimum atomic E-state index is -0.611. The number of aliphatic hydroxyl groups excluding tert-OH is 1. The summed E-state index contributed by atoms with van der Waals surface area (Å²) >= 11 is 0. The molecule has 0 spiro atoms. The zero-order chi connectivity index (χ0) is 22.9. The lowest BCUT2D eigenvalue weighted by Crippen LogP contribution is -2.51.